The van der Waals surface area contributed by atoms with E-state index in [1.54, 1.807) is 10.5 Å². The van der Waals surface area contributed by atoms with Crippen LogP contribution in [-0.2, 0) is 16.6 Å². The topological polar surface area (TPSA) is 86.7 Å². The Morgan fingerprint density at radius 3 is 2.34 bits per heavy atom. The normalized spacial score (nSPS) is 19.2. The molecule has 2 aliphatic rings. The monoisotopic (exact) mass is 423 g/mol. The van der Waals surface area contributed by atoms with E-state index in [-0.39, 0.29) is 5.91 Å². The van der Waals surface area contributed by atoms with Crippen molar-refractivity contribution in [3.8, 4) is 0 Å². The summed E-state index contributed by atoms with van der Waals surface area (Å²) in [5.74, 6) is 1.01. The van der Waals surface area contributed by atoms with E-state index in [0.717, 1.165) is 44.5 Å². The predicted molar refractivity (Wildman–Crippen MR) is 112 cm³/mol. The third kappa shape index (κ3) is 4.95. The van der Waals surface area contributed by atoms with Crippen LogP contribution in [0.3, 0.4) is 0 Å². The summed E-state index contributed by atoms with van der Waals surface area (Å²) >= 11 is 0. The van der Waals surface area contributed by atoms with Gasteiger partial charge in [-0.15, -0.1) is 0 Å². The number of hydrogen-bond donors (Lipinski definition) is 0. The molecule has 162 valence electrons. The SMILES string of the molecule is CCN(CC)S(=O)(=O)N1CCC(Cc2nc(C)ncc2C(=O)N2CCCC2)CC1. The highest BCUT2D eigenvalue weighted by Gasteiger charge is 2.32. The minimum atomic E-state index is -3.38. The van der Waals surface area contributed by atoms with Crippen molar-refractivity contribution in [3.05, 3.63) is 23.3 Å². The molecule has 29 heavy (non-hydrogen) atoms. The van der Waals surface area contributed by atoms with Crippen LogP contribution in [0.1, 0.15) is 61.4 Å². The van der Waals surface area contributed by atoms with Crippen LogP contribution in [-0.4, -0.2) is 77.1 Å². The molecule has 1 aromatic rings. The summed E-state index contributed by atoms with van der Waals surface area (Å²) in [6.45, 7) is 9.18. The molecule has 8 nitrogen and oxygen atoms in total. The van der Waals surface area contributed by atoms with E-state index >= 15 is 0 Å². The van der Waals surface area contributed by atoms with Crippen molar-refractivity contribution in [2.45, 2.75) is 52.9 Å². The second-order valence-electron chi connectivity index (χ2n) is 7.92. The molecule has 0 aromatic carbocycles. The molecular weight excluding hydrogens is 390 g/mol. The van der Waals surface area contributed by atoms with E-state index in [1.807, 2.05) is 25.7 Å². The maximum absolute atomic E-state index is 12.9. The van der Waals surface area contributed by atoms with Crippen molar-refractivity contribution >= 4 is 16.1 Å². The highest BCUT2D eigenvalue weighted by atomic mass is 32.2. The minimum Gasteiger partial charge on any atom is -0.339 e. The van der Waals surface area contributed by atoms with Gasteiger partial charge in [-0.1, -0.05) is 13.8 Å². The molecule has 0 bridgehead atoms. The van der Waals surface area contributed by atoms with Crippen LogP contribution in [0.15, 0.2) is 6.20 Å². The van der Waals surface area contributed by atoms with Gasteiger partial charge < -0.3 is 4.90 Å². The lowest BCUT2D eigenvalue weighted by atomic mass is 9.91. The number of amides is 1. The number of aromatic nitrogens is 2. The largest absolute Gasteiger partial charge is 0.339 e. The van der Waals surface area contributed by atoms with Gasteiger partial charge in [-0.05, 0) is 44.9 Å². The Kier molecular flexibility index (Phi) is 7.23. The van der Waals surface area contributed by atoms with Crippen molar-refractivity contribution < 1.29 is 13.2 Å². The smallest absolute Gasteiger partial charge is 0.281 e. The molecule has 0 radical (unpaired) electrons. The maximum atomic E-state index is 12.9. The maximum Gasteiger partial charge on any atom is 0.281 e. The van der Waals surface area contributed by atoms with Crippen LogP contribution < -0.4 is 0 Å². The first-order valence-electron chi connectivity index (χ1n) is 10.7. The zero-order valence-corrected chi connectivity index (χ0v) is 18.6. The first-order chi connectivity index (χ1) is 13.9. The van der Waals surface area contributed by atoms with E-state index in [9.17, 15) is 13.2 Å². The summed E-state index contributed by atoms with van der Waals surface area (Å²) in [4.78, 5) is 23.6. The van der Waals surface area contributed by atoms with E-state index < -0.39 is 10.2 Å². The number of likely N-dealkylation sites (tertiary alicyclic amines) is 1. The van der Waals surface area contributed by atoms with Gasteiger partial charge in [0.05, 0.1) is 11.3 Å². The van der Waals surface area contributed by atoms with Gasteiger partial charge in [-0.3, -0.25) is 4.79 Å². The van der Waals surface area contributed by atoms with Crippen molar-refractivity contribution in [2.24, 2.45) is 5.92 Å². The lowest BCUT2D eigenvalue weighted by Crippen LogP contribution is -2.47. The first-order valence-corrected chi connectivity index (χ1v) is 12.1. The molecule has 3 rings (SSSR count). The number of nitrogens with zero attached hydrogens (tertiary/aromatic N) is 5. The fourth-order valence-electron chi connectivity index (χ4n) is 4.27. The Labute approximate surface area is 174 Å². The zero-order valence-electron chi connectivity index (χ0n) is 17.8. The summed E-state index contributed by atoms with van der Waals surface area (Å²) in [7, 11) is -3.38. The molecule has 3 heterocycles. The molecule has 0 atom stereocenters. The molecule has 2 fully saturated rings. The Hall–Kier alpha value is -1.58. The van der Waals surface area contributed by atoms with Gasteiger partial charge in [0, 0.05) is 45.5 Å². The van der Waals surface area contributed by atoms with E-state index in [1.165, 1.54) is 4.31 Å². The summed E-state index contributed by atoms with van der Waals surface area (Å²) in [6, 6.07) is 0. The molecule has 0 saturated carbocycles. The lowest BCUT2D eigenvalue weighted by Gasteiger charge is -2.34. The number of carbonyl (C=O) groups excluding carboxylic acids is 1. The minimum absolute atomic E-state index is 0.0269. The van der Waals surface area contributed by atoms with Gasteiger partial charge in [-0.25, -0.2) is 9.97 Å². The van der Waals surface area contributed by atoms with Crippen LogP contribution in [0.2, 0.25) is 0 Å². The van der Waals surface area contributed by atoms with Crippen LogP contribution >= 0.6 is 0 Å². The fourth-order valence-corrected chi connectivity index (χ4v) is 5.92. The number of carbonyl (C=O) groups is 1. The molecule has 0 spiro atoms. The average Bonchev–Trinajstić information content (AvgIpc) is 3.24. The Morgan fingerprint density at radius 1 is 1.14 bits per heavy atom. The van der Waals surface area contributed by atoms with Gasteiger partial charge in [-0.2, -0.15) is 17.0 Å². The second kappa shape index (κ2) is 9.49. The standard InChI is InChI=1S/C20H33N5O3S/c1-4-24(5-2)29(27,28)25-12-8-17(9-13-25)14-19-18(15-21-16(3)22-19)20(26)23-10-6-7-11-23/h15,17H,4-14H2,1-3H3. The highest BCUT2D eigenvalue weighted by Crippen LogP contribution is 2.26. The number of rotatable bonds is 7. The van der Waals surface area contributed by atoms with Crippen LogP contribution in [0.4, 0.5) is 0 Å². The highest BCUT2D eigenvalue weighted by molar-refractivity contribution is 7.86. The summed E-state index contributed by atoms with van der Waals surface area (Å²) < 4.78 is 28.6. The van der Waals surface area contributed by atoms with Gasteiger partial charge in [0.2, 0.25) is 0 Å². The van der Waals surface area contributed by atoms with Crippen molar-refractivity contribution in [2.75, 3.05) is 39.3 Å². The molecule has 9 heteroatoms. The molecule has 2 saturated heterocycles. The zero-order chi connectivity index (χ0) is 21.0. The Bertz CT molecular complexity index is 811. The van der Waals surface area contributed by atoms with Crippen molar-refractivity contribution in [1.82, 2.24) is 23.5 Å². The predicted octanol–water partition coefficient (Wildman–Crippen LogP) is 1.86. The summed E-state index contributed by atoms with van der Waals surface area (Å²) in [5.41, 5.74) is 1.41. The average molecular weight is 424 g/mol. The quantitative estimate of drug-likeness (QED) is 0.668. The molecular formula is C20H33N5O3S. The van der Waals surface area contributed by atoms with Gasteiger partial charge in [0.25, 0.3) is 16.1 Å². The van der Waals surface area contributed by atoms with Crippen LogP contribution in [0, 0.1) is 12.8 Å². The Morgan fingerprint density at radius 2 is 1.76 bits per heavy atom. The van der Waals surface area contributed by atoms with E-state index in [4.69, 9.17) is 0 Å². The van der Waals surface area contributed by atoms with Gasteiger partial charge >= 0.3 is 0 Å². The third-order valence-corrected chi connectivity index (χ3v) is 8.21. The van der Waals surface area contributed by atoms with Crippen molar-refractivity contribution in [3.63, 3.8) is 0 Å². The summed E-state index contributed by atoms with van der Waals surface area (Å²) in [6.07, 6.45) is 6.01. The van der Waals surface area contributed by atoms with Gasteiger partial charge in [0.1, 0.15) is 5.82 Å². The van der Waals surface area contributed by atoms with Crippen molar-refractivity contribution in [1.29, 1.82) is 0 Å². The molecule has 0 unspecified atom stereocenters. The fraction of sp³-hybridized carbons (Fsp3) is 0.750. The molecule has 0 N–H and O–H groups in total. The summed E-state index contributed by atoms with van der Waals surface area (Å²) in [5, 5.41) is 0. The Balaban J connectivity index is 1.67. The molecule has 2 aliphatic heterocycles. The molecule has 1 aromatic heterocycles. The first kappa shape index (κ1) is 22.1. The van der Waals surface area contributed by atoms with E-state index in [0.29, 0.717) is 49.9 Å². The third-order valence-electron chi connectivity index (χ3n) is 6.03. The van der Waals surface area contributed by atoms with E-state index in [2.05, 4.69) is 9.97 Å². The van der Waals surface area contributed by atoms with Crippen LogP contribution in [0.25, 0.3) is 0 Å². The van der Waals surface area contributed by atoms with Gasteiger partial charge in [0.15, 0.2) is 0 Å². The molecule has 1 amide bonds. The number of piperidine rings is 1. The second-order valence-corrected chi connectivity index (χ2v) is 9.84. The number of aryl methyl sites for hydroxylation is 1. The lowest BCUT2D eigenvalue weighted by molar-refractivity contribution is 0.0790. The molecule has 0 aliphatic carbocycles. The number of hydrogen-bond acceptors (Lipinski definition) is 5. The van der Waals surface area contributed by atoms with Crippen LogP contribution in [0.5, 0.6) is 0 Å².